The number of nitrogens with zero attached hydrogens (tertiary/aromatic N) is 2. The highest BCUT2D eigenvalue weighted by Gasteiger charge is 2.22. The maximum Gasteiger partial charge on any atom is 0.136 e. The molecular formula is C21H20F2N2. The monoisotopic (exact) mass is 338 g/mol. The van der Waals surface area contributed by atoms with Gasteiger partial charge < -0.3 is 4.90 Å². The number of pyridine rings is 1. The fraction of sp³-hybridized carbons (Fsp3) is 0.286. The highest BCUT2D eigenvalue weighted by Crippen LogP contribution is 2.31. The molecule has 0 radical (unpaired) electrons. The first-order valence-electron chi connectivity index (χ1n) is 8.73. The van der Waals surface area contributed by atoms with Gasteiger partial charge in [-0.3, -0.25) is 0 Å². The van der Waals surface area contributed by atoms with Crippen molar-refractivity contribution in [3.05, 3.63) is 71.9 Å². The van der Waals surface area contributed by atoms with E-state index in [4.69, 9.17) is 0 Å². The van der Waals surface area contributed by atoms with Crippen LogP contribution in [0.15, 0.2) is 54.7 Å². The molecule has 1 aliphatic heterocycles. The van der Waals surface area contributed by atoms with Gasteiger partial charge in [-0.25, -0.2) is 13.8 Å². The molecule has 25 heavy (non-hydrogen) atoms. The van der Waals surface area contributed by atoms with Crippen LogP contribution >= 0.6 is 0 Å². The van der Waals surface area contributed by atoms with Gasteiger partial charge in [0, 0.05) is 36.1 Å². The van der Waals surface area contributed by atoms with Crippen LogP contribution in [0, 0.1) is 17.6 Å². The van der Waals surface area contributed by atoms with Gasteiger partial charge in [-0.1, -0.05) is 30.3 Å². The summed E-state index contributed by atoms with van der Waals surface area (Å²) in [4.78, 5) is 6.57. The molecule has 4 rings (SSSR count). The maximum absolute atomic E-state index is 14.0. The second-order valence-corrected chi connectivity index (χ2v) is 6.74. The van der Waals surface area contributed by atoms with E-state index in [1.807, 2.05) is 6.07 Å². The highest BCUT2D eigenvalue weighted by molar-refractivity contribution is 5.92. The van der Waals surface area contributed by atoms with Gasteiger partial charge in [0.25, 0.3) is 0 Å². The van der Waals surface area contributed by atoms with Crippen molar-refractivity contribution in [3.63, 3.8) is 0 Å². The molecule has 4 heteroatoms. The van der Waals surface area contributed by atoms with E-state index in [9.17, 15) is 8.78 Å². The van der Waals surface area contributed by atoms with Crippen LogP contribution in [0.3, 0.4) is 0 Å². The number of hydrogen-bond acceptors (Lipinski definition) is 2. The molecule has 0 amide bonds. The average Bonchev–Trinajstić information content (AvgIpc) is 2.63. The molecule has 1 fully saturated rings. The zero-order valence-electron chi connectivity index (χ0n) is 14.0. The van der Waals surface area contributed by atoms with Gasteiger partial charge in [-0.05, 0) is 42.9 Å². The number of halogens is 2. The molecule has 3 aromatic rings. The Bertz CT molecular complexity index is 872. The molecular weight excluding hydrogens is 318 g/mol. The van der Waals surface area contributed by atoms with Gasteiger partial charge >= 0.3 is 0 Å². The van der Waals surface area contributed by atoms with Crippen molar-refractivity contribution in [2.45, 2.75) is 19.3 Å². The van der Waals surface area contributed by atoms with Gasteiger partial charge in [0.15, 0.2) is 0 Å². The van der Waals surface area contributed by atoms with Crippen LogP contribution < -0.4 is 4.90 Å². The van der Waals surface area contributed by atoms with Crippen molar-refractivity contribution in [2.75, 3.05) is 18.0 Å². The van der Waals surface area contributed by atoms with Crippen LogP contribution in [-0.4, -0.2) is 18.1 Å². The topological polar surface area (TPSA) is 16.1 Å². The standard InChI is InChI=1S/C21H20F2N2/c22-17-13-19-18(20(23)14-17)6-9-24-21(19)25-10-7-16(8-11-25)12-15-4-2-1-3-5-15/h1-6,9,13-14,16H,7-8,10-12H2. The molecule has 0 aliphatic carbocycles. The first-order chi connectivity index (χ1) is 12.2. The summed E-state index contributed by atoms with van der Waals surface area (Å²) in [5.74, 6) is 0.243. The lowest BCUT2D eigenvalue weighted by molar-refractivity contribution is 0.403. The summed E-state index contributed by atoms with van der Waals surface area (Å²) in [6.45, 7) is 1.73. The van der Waals surface area contributed by atoms with Crippen molar-refractivity contribution in [3.8, 4) is 0 Å². The van der Waals surface area contributed by atoms with E-state index in [0.29, 0.717) is 22.5 Å². The number of hydrogen-bond donors (Lipinski definition) is 0. The third-order valence-electron chi connectivity index (χ3n) is 5.05. The molecule has 0 atom stereocenters. The minimum atomic E-state index is -0.557. The Labute approximate surface area is 146 Å². The normalized spacial score (nSPS) is 15.7. The lowest BCUT2D eigenvalue weighted by atomic mass is 9.90. The highest BCUT2D eigenvalue weighted by atomic mass is 19.1. The molecule has 0 bridgehead atoms. The number of fused-ring (bicyclic) bond motifs is 1. The maximum atomic E-state index is 14.0. The van der Waals surface area contributed by atoms with E-state index in [2.05, 4.69) is 34.1 Å². The lowest BCUT2D eigenvalue weighted by Gasteiger charge is -2.33. The largest absolute Gasteiger partial charge is 0.356 e. The molecule has 2 aromatic carbocycles. The molecule has 1 aliphatic rings. The Morgan fingerprint density at radius 1 is 0.960 bits per heavy atom. The Balaban J connectivity index is 1.52. The molecule has 2 nitrogen and oxygen atoms in total. The van der Waals surface area contributed by atoms with E-state index < -0.39 is 11.6 Å². The van der Waals surface area contributed by atoms with Gasteiger partial charge in [0.05, 0.1) is 0 Å². The van der Waals surface area contributed by atoms with Crippen LogP contribution in [0.4, 0.5) is 14.6 Å². The Kier molecular flexibility index (Phi) is 4.35. The second-order valence-electron chi connectivity index (χ2n) is 6.74. The van der Waals surface area contributed by atoms with E-state index in [1.54, 1.807) is 12.3 Å². The minimum absolute atomic E-state index is 0.429. The smallest absolute Gasteiger partial charge is 0.136 e. The summed E-state index contributed by atoms with van der Waals surface area (Å²) in [6.07, 6.45) is 4.81. The van der Waals surface area contributed by atoms with Crippen LogP contribution in [0.1, 0.15) is 18.4 Å². The van der Waals surface area contributed by atoms with Crippen molar-refractivity contribution < 1.29 is 8.78 Å². The lowest BCUT2D eigenvalue weighted by Crippen LogP contribution is -2.35. The van der Waals surface area contributed by atoms with E-state index >= 15 is 0 Å². The van der Waals surface area contributed by atoms with E-state index in [1.165, 1.54) is 11.6 Å². The number of anilines is 1. The summed E-state index contributed by atoms with van der Waals surface area (Å²) in [5.41, 5.74) is 1.37. The van der Waals surface area contributed by atoms with E-state index in [-0.39, 0.29) is 0 Å². The van der Waals surface area contributed by atoms with Crippen molar-refractivity contribution in [1.29, 1.82) is 0 Å². The number of benzene rings is 2. The molecule has 128 valence electrons. The molecule has 0 unspecified atom stereocenters. The minimum Gasteiger partial charge on any atom is -0.356 e. The summed E-state index contributed by atoms with van der Waals surface area (Å²) in [5, 5.41) is 0.985. The summed E-state index contributed by atoms with van der Waals surface area (Å²) in [6, 6.07) is 14.5. The van der Waals surface area contributed by atoms with Gasteiger partial charge in [0.1, 0.15) is 17.5 Å². The summed E-state index contributed by atoms with van der Waals surface area (Å²) in [7, 11) is 0. The Morgan fingerprint density at radius 3 is 2.48 bits per heavy atom. The predicted octanol–water partition coefficient (Wildman–Crippen LogP) is 4.97. The van der Waals surface area contributed by atoms with Crippen molar-refractivity contribution in [1.82, 2.24) is 4.98 Å². The van der Waals surface area contributed by atoms with Crippen molar-refractivity contribution >= 4 is 16.6 Å². The number of rotatable bonds is 3. The summed E-state index contributed by atoms with van der Waals surface area (Å²) < 4.78 is 27.7. The van der Waals surface area contributed by atoms with Crippen molar-refractivity contribution in [2.24, 2.45) is 5.92 Å². The predicted molar refractivity (Wildman–Crippen MR) is 96.7 cm³/mol. The number of piperidine rings is 1. The molecule has 1 saturated heterocycles. The SMILES string of the molecule is Fc1cc(F)c2ccnc(N3CCC(Cc4ccccc4)CC3)c2c1. The second kappa shape index (κ2) is 6.79. The first kappa shape index (κ1) is 16.0. The first-order valence-corrected chi connectivity index (χ1v) is 8.73. The van der Waals surface area contributed by atoms with Crippen LogP contribution in [0.2, 0.25) is 0 Å². The Morgan fingerprint density at radius 2 is 1.72 bits per heavy atom. The Hall–Kier alpha value is -2.49. The zero-order valence-corrected chi connectivity index (χ0v) is 14.0. The van der Waals surface area contributed by atoms with E-state index in [0.717, 1.165) is 38.4 Å². The number of aromatic nitrogens is 1. The van der Waals surface area contributed by atoms with Gasteiger partial charge in [-0.15, -0.1) is 0 Å². The summed E-state index contributed by atoms with van der Waals surface area (Å²) >= 11 is 0. The molecule has 0 saturated carbocycles. The molecule has 1 aromatic heterocycles. The third-order valence-corrected chi connectivity index (χ3v) is 5.05. The van der Waals surface area contributed by atoms with Gasteiger partial charge in [0.2, 0.25) is 0 Å². The van der Waals surface area contributed by atoms with Crippen LogP contribution in [0.25, 0.3) is 10.8 Å². The van der Waals surface area contributed by atoms with Crippen LogP contribution in [0.5, 0.6) is 0 Å². The third kappa shape index (κ3) is 3.34. The fourth-order valence-electron chi connectivity index (χ4n) is 3.74. The van der Waals surface area contributed by atoms with Gasteiger partial charge in [-0.2, -0.15) is 0 Å². The quantitative estimate of drug-likeness (QED) is 0.670. The average molecular weight is 338 g/mol. The zero-order chi connectivity index (χ0) is 17.2. The molecule has 0 N–H and O–H groups in total. The van der Waals surface area contributed by atoms with Crippen LogP contribution in [-0.2, 0) is 6.42 Å². The fourth-order valence-corrected chi connectivity index (χ4v) is 3.74. The molecule has 2 heterocycles. The molecule has 0 spiro atoms.